The number of nitrogens with one attached hydrogen (secondary N) is 2. The third kappa shape index (κ3) is 1.77. The van der Waals surface area contributed by atoms with Gasteiger partial charge in [0, 0.05) is 18.3 Å². The molecule has 0 radical (unpaired) electrons. The second-order valence-electron chi connectivity index (χ2n) is 3.58. The maximum atomic E-state index is 11.2. The van der Waals surface area contributed by atoms with Crippen LogP contribution in [0, 0.1) is 6.92 Å². The first kappa shape index (κ1) is 9.21. The van der Waals surface area contributed by atoms with Gasteiger partial charge in [-0.25, -0.2) is 0 Å². The minimum absolute atomic E-state index is 0.00304. The van der Waals surface area contributed by atoms with Crippen molar-refractivity contribution in [2.75, 3.05) is 13.1 Å². The quantitative estimate of drug-likeness (QED) is 0.695. The van der Waals surface area contributed by atoms with Crippen LogP contribution >= 0.6 is 0 Å². The Morgan fingerprint density at radius 1 is 1.43 bits per heavy atom. The summed E-state index contributed by atoms with van der Waals surface area (Å²) in [4.78, 5) is 13.9. The third-order valence-corrected chi connectivity index (χ3v) is 2.52. The van der Waals surface area contributed by atoms with Gasteiger partial charge in [0.2, 0.25) is 0 Å². The number of aryl methyl sites for hydroxylation is 1. The largest absolute Gasteiger partial charge is 0.328 e. The summed E-state index contributed by atoms with van der Waals surface area (Å²) in [6.45, 7) is 3.78. The number of hydrogen-bond acceptors (Lipinski definition) is 2. The highest BCUT2D eigenvalue weighted by molar-refractivity contribution is 5.66. The second-order valence-corrected chi connectivity index (χ2v) is 3.58. The van der Waals surface area contributed by atoms with E-state index < -0.39 is 0 Å². The van der Waals surface area contributed by atoms with Crippen LogP contribution in [0.5, 0.6) is 0 Å². The van der Waals surface area contributed by atoms with Gasteiger partial charge in [-0.05, 0) is 37.1 Å². The van der Waals surface area contributed by atoms with Crippen LogP contribution in [0.3, 0.4) is 0 Å². The predicted molar refractivity (Wildman–Crippen MR) is 57.3 cm³/mol. The van der Waals surface area contributed by atoms with Crippen LogP contribution in [0.15, 0.2) is 23.1 Å². The smallest absolute Gasteiger partial charge is 0.250 e. The molecular weight excluding hydrogens is 176 g/mol. The van der Waals surface area contributed by atoms with E-state index in [1.165, 1.54) is 5.57 Å². The molecular formula is C11H14N2O. The topological polar surface area (TPSA) is 44.9 Å². The standard InChI is InChI=1S/C11H14N2O/c1-8-6-10(7-13-11(8)14)9-2-4-12-5-3-9/h2,6-7,12H,3-5H2,1H3,(H,13,14). The van der Waals surface area contributed by atoms with Crippen molar-refractivity contribution in [3.8, 4) is 0 Å². The molecule has 2 heterocycles. The lowest BCUT2D eigenvalue weighted by atomic mass is 10.0. The zero-order valence-corrected chi connectivity index (χ0v) is 8.26. The average Bonchev–Trinajstić information content (AvgIpc) is 2.23. The Bertz CT molecular complexity index is 418. The summed E-state index contributed by atoms with van der Waals surface area (Å²) in [5.41, 5.74) is 3.25. The van der Waals surface area contributed by atoms with Gasteiger partial charge >= 0.3 is 0 Å². The maximum Gasteiger partial charge on any atom is 0.250 e. The van der Waals surface area contributed by atoms with E-state index in [2.05, 4.69) is 16.4 Å². The average molecular weight is 190 g/mol. The van der Waals surface area contributed by atoms with Gasteiger partial charge in [-0.1, -0.05) is 6.08 Å². The Morgan fingerprint density at radius 3 is 2.93 bits per heavy atom. The first-order chi connectivity index (χ1) is 6.77. The molecule has 1 aromatic heterocycles. The molecule has 1 aliphatic heterocycles. The molecule has 0 bridgehead atoms. The number of aromatic amines is 1. The number of rotatable bonds is 1. The maximum absolute atomic E-state index is 11.2. The van der Waals surface area contributed by atoms with Crippen molar-refractivity contribution in [3.63, 3.8) is 0 Å². The molecule has 0 saturated heterocycles. The van der Waals surface area contributed by atoms with E-state index in [9.17, 15) is 4.79 Å². The molecule has 1 aromatic rings. The van der Waals surface area contributed by atoms with Gasteiger partial charge in [0.05, 0.1) is 0 Å². The fourth-order valence-electron chi connectivity index (χ4n) is 1.67. The van der Waals surface area contributed by atoms with Gasteiger partial charge in [0.25, 0.3) is 5.56 Å². The highest BCUT2D eigenvalue weighted by Crippen LogP contribution is 2.18. The molecule has 0 atom stereocenters. The van der Waals surface area contributed by atoms with Crippen LogP contribution in [0.2, 0.25) is 0 Å². The predicted octanol–water partition coefficient (Wildman–Crippen LogP) is 1.06. The molecule has 14 heavy (non-hydrogen) atoms. The molecule has 1 aliphatic rings. The van der Waals surface area contributed by atoms with Gasteiger partial charge in [0.15, 0.2) is 0 Å². The first-order valence-electron chi connectivity index (χ1n) is 4.87. The SMILES string of the molecule is Cc1cc(C2=CCNCC2)c[nH]c1=O. The van der Waals surface area contributed by atoms with Gasteiger partial charge in [0.1, 0.15) is 0 Å². The second kappa shape index (κ2) is 3.80. The molecule has 0 unspecified atom stereocenters. The Hall–Kier alpha value is -1.35. The van der Waals surface area contributed by atoms with E-state index in [0.29, 0.717) is 0 Å². The molecule has 3 nitrogen and oxygen atoms in total. The van der Waals surface area contributed by atoms with Crippen LogP contribution in [0.4, 0.5) is 0 Å². The Kier molecular flexibility index (Phi) is 2.50. The normalized spacial score (nSPS) is 16.5. The first-order valence-corrected chi connectivity index (χ1v) is 4.87. The van der Waals surface area contributed by atoms with Crippen molar-refractivity contribution >= 4 is 5.57 Å². The fourth-order valence-corrected chi connectivity index (χ4v) is 1.67. The minimum atomic E-state index is 0.00304. The van der Waals surface area contributed by atoms with Gasteiger partial charge in [-0.2, -0.15) is 0 Å². The summed E-state index contributed by atoms with van der Waals surface area (Å²) >= 11 is 0. The molecule has 0 amide bonds. The lowest BCUT2D eigenvalue weighted by molar-refractivity contribution is 0.738. The van der Waals surface area contributed by atoms with Crippen LogP contribution in [0.25, 0.3) is 5.57 Å². The highest BCUT2D eigenvalue weighted by Gasteiger charge is 2.06. The molecule has 0 aliphatic carbocycles. The van der Waals surface area contributed by atoms with Gasteiger partial charge in [-0.3, -0.25) is 4.79 Å². The Morgan fingerprint density at radius 2 is 2.29 bits per heavy atom. The molecule has 0 fully saturated rings. The Balaban J connectivity index is 2.36. The summed E-state index contributed by atoms with van der Waals surface area (Å²) in [7, 11) is 0. The summed E-state index contributed by atoms with van der Waals surface area (Å²) in [6, 6.07) is 1.95. The summed E-state index contributed by atoms with van der Waals surface area (Å²) < 4.78 is 0. The number of pyridine rings is 1. The lowest BCUT2D eigenvalue weighted by Gasteiger charge is -2.14. The summed E-state index contributed by atoms with van der Waals surface area (Å²) in [5.74, 6) is 0. The third-order valence-electron chi connectivity index (χ3n) is 2.52. The van der Waals surface area contributed by atoms with Gasteiger partial charge < -0.3 is 10.3 Å². The number of hydrogen-bond donors (Lipinski definition) is 2. The monoisotopic (exact) mass is 190 g/mol. The minimum Gasteiger partial charge on any atom is -0.328 e. The van der Waals surface area contributed by atoms with Crippen molar-refractivity contribution < 1.29 is 0 Å². The van der Waals surface area contributed by atoms with Crippen LogP contribution in [-0.4, -0.2) is 18.1 Å². The van der Waals surface area contributed by atoms with Crippen molar-refractivity contribution in [2.24, 2.45) is 0 Å². The highest BCUT2D eigenvalue weighted by atomic mass is 16.1. The molecule has 0 aromatic carbocycles. The van der Waals surface area contributed by atoms with E-state index in [0.717, 1.165) is 30.6 Å². The van der Waals surface area contributed by atoms with Crippen LogP contribution in [0.1, 0.15) is 17.5 Å². The zero-order chi connectivity index (χ0) is 9.97. The molecule has 0 saturated carbocycles. The van der Waals surface area contributed by atoms with E-state index in [1.807, 2.05) is 13.0 Å². The van der Waals surface area contributed by atoms with Crippen molar-refractivity contribution in [1.29, 1.82) is 0 Å². The molecule has 3 heteroatoms. The molecule has 2 N–H and O–H groups in total. The van der Waals surface area contributed by atoms with E-state index >= 15 is 0 Å². The molecule has 74 valence electrons. The van der Waals surface area contributed by atoms with Crippen molar-refractivity contribution in [3.05, 3.63) is 39.8 Å². The van der Waals surface area contributed by atoms with Crippen molar-refractivity contribution in [1.82, 2.24) is 10.3 Å². The fraction of sp³-hybridized carbons (Fsp3) is 0.364. The van der Waals surface area contributed by atoms with Gasteiger partial charge in [-0.15, -0.1) is 0 Å². The summed E-state index contributed by atoms with van der Waals surface area (Å²) in [5, 5.41) is 3.26. The van der Waals surface area contributed by atoms with Crippen LogP contribution in [-0.2, 0) is 0 Å². The van der Waals surface area contributed by atoms with Crippen molar-refractivity contribution in [2.45, 2.75) is 13.3 Å². The molecule has 0 spiro atoms. The van der Waals surface area contributed by atoms with Crippen LogP contribution < -0.4 is 10.9 Å². The Labute approximate surface area is 82.9 Å². The number of aromatic nitrogens is 1. The van der Waals surface area contributed by atoms with E-state index in [1.54, 1.807) is 6.20 Å². The lowest BCUT2D eigenvalue weighted by Crippen LogP contribution is -2.20. The summed E-state index contributed by atoms with van der Waals surface area (Å²) in [6.07, 6.45) is 5.01. The molecule has 2 rings (SSSR count). The van der Waals surface area contributed by atoms with E-state index in [4.69, 9.17) is 0 Å². The zero-order valence-electron chi connectivity index (χ0n) is 8.26. The van der Waals surface area contributed by atoms with E-state index in [-0.39, 0.29) is 5.56 Å². The number of H-pyrrole nitrogens is 1.